The van der Waals surface area contributed by atoms with Crippen LogP contribution in [0.15, 0.2) is 42.5 Å². The minimum absolute atomic E-state index is 0.00447. The number of piperidine rings is 1. The predicted octanol–water partition coefficient (Wildman–Crippen LogP) is 4.29. The summed E-state index contributed by atoms with van der Waals surface area (Å²) in [7, 11) is 0. The number of halogens is 3. The molecule has 26 heavy (non-hydrogen) atoms. The highest BCUT2D eigenvalue weighted by atomic mass is 19.4. The van der Waals surface area contributed by atoms with Crippen LogP contribution in [0, 0.1) is 5.92 Å². The zero-order chi connectivity index (χ0) is 18.7. The van der Waals surface area contributed by atoms with Crippen molar-refractivity contribution in [2.45, 2.75) is 32.0 Å². The van der Waals surface area contributed by atoms with Gasteiger partial charge in [-0.05, 0) is 48.7 Å². The first-order chi connectivity index (χ1) is 12.3. The van der Waals surface area contributed by atoms with Gasteiger partial charge in [-0.15, -0.1) is 0 Å². The van der Waals surface area contributed by atoms with Crippen LogP contribution in [0.2, 0.25) is 0 Å². The molecule has 3 nitrogen and oxygen atoms in total. The average Bonchev–Trinajstić information content (AvgIpc) is 2.60. The highest BCUT2D eigenvalue weighted by Gasteiger charge is 2.41. The molecule has 2 aromatic rings. The molecule has 3 rings (SSSR count). The number of likely N-dealkylation sites (tertiary alicyclic amines) is 1. The summed E-state index contributed by atoms with van der Waals surface area (Å²) >= 11 is 0. The van der Waals surface area contributed by atoms with Gasteiger partial charge in [0.1, 0.15) is 0 Å². The first-order valence-electron chi connectivity index (χ1n) is 8.90. The number of hydrogen-bond acceptors (Lipinski definition) is 2. The molecule has 0 aliphatic carbocycles. The van der Waals surface area contributed by atoms with Crippen molar-refractivity contribution < 1.29 is 18.0 Å². The van der Waals surface area contributed by atoms with Crippen molar-refractivity contribution in [3.63, 3.8) is 0 Å². The molecule has 1 aliphatic rings. The monoisotopic (exact) mass is 364 g/mol. The SMILES string of the molecule is C[C@@H](NC(=O)CN1CCC[C@H](C(F)(F)F)C1)c1ccc2ccccc2c1. The van der Waals surface area contributed by atoms with E-state index < -0.39 is 12.1 Å². The van der Waals surface area contributed by atoms with Crippen molar-refractivity contribution in [2.75, 3.05) is 19.6 Å². The van der Waals surface area contributed by atoms with Gasteiger partial charge in [-0.2, -0.15) is 13.2 Å². The second-order valence-electron chi connectivity index (χ2n) is 7.01. The molecule has 1 aliphatic heterocycles. The maximum absolute atomic E-state index is 12.9. The summed E-state index contributed by atoms with van der Waals surface area (Å²) < 4.78 is 38.7. The molecule has 2 atom stereocenters. The number of benzene rings is 2. The van der Waals surface area contributed by atoms with Crippen LogP contribution in [0.3, 0.4) is 0 Å². The molecule has 1 saturated heterocycles. The third kappa shape index (κ3) is 4.55. The lowest BCUT2D eigenvalue weighted by Crippen LogP contribution is -2.46. The summed E-state index contributed by atoms with van der Waals surface area (Å²) in [4.78, 5) is 13.9. The molecule has 0 aromatic heterocycles. The van der Waals surface area contributed by atoms with Crippen molar-refractivity contribution in [3.8, 4) is 0 Å². The van der Waals surface area contributed by atoms with Crippen LogP contribution in [-0.2, 0) is 4.79 Å². The van der Waals surface area contributed by atoms with Gasteiger partial charge in [0.25, 0.3) is 0 Å². The molecule has 0 saturated carbocycles. The Bertz CT molecular complexity index is 775. The van der Waals surface area contributed by atoms with Crippen molar-refractivity contribution in [2.24, 2.45) is 5.92 Å². The number of carbonyl (C=O) groups is 1. The Kier molecular flexibility index (Phi) is 5.51. The molecule has 0 spiro atoms. The quantitative estimate of drug-likeness (QED) is 0.878. The third-order valence-electron chi connectivity index (χ3n) is 4.99. The maximum atomic E-state index is 12.9. The van der Waals surface area contributed by atoms with Crippen molar-refractivity contribution in [1.82, 2.24) is 10.2 Å². The smallest absolute Gasteiger partial charge is 0.348 e. The summed E-state index contributed by atoms with van der Waals surface area (Å²) in [5.74, 6) is -1.57. The first kappa shape index (κ1) is 18.7. The van der Waals surface area contributed by atoms with Gasteiger partial charge in [0.15, 0.2) is 0 Å². The van der Waals surface area contributed by atoms with Gasteiger partial charge in [-0.3, -0.25) is 9.69 Å². The number of nitrogens with zero attached hydrogens (tertiary/aromatic N) is 1. The zero-order valence-corrected chi connectivity index (χ0v) is 14.7. The number of alkyl halides is 3. The molecular weight excluding hydrogens is 341 g/mol. The van der Waals surface area contributed by atoms with E-state index in [1.165, 1.54) is 0 Å². The van der Waals surface area contributed by atoms with E-state index >= 15 is 0 Å². The van der Waals surface area contributed by atoms with E-state index in [0.717, 1.165) is 16.3 Å². The molecule has 0 radical (unpaired) electrons. The van der Waals surface area contributed by atoms with E-state index in [9.17, 15) is 18.0 Å². The number of amides is 1. The Morgan fingerprint density at radius 3 is 2.69 bits per heavy atom. The molecule has 0 bridgehead atoms. The molecule has 2 aromatic carbocycles. The molecule has 140 valence electrons. The van der Waals surface area contributed by atoms with Crippen LogP contribution in [0.5, 0.6) is 0 Å². The topological polar surface area (TPSA) is 32.3 Å². The van der Waals surface area contributed by atoms with Gasteiger partial charge in [0.2, 0.25) is 5.91 Å². The van der Waals surface area contributed by atoms with Crippen molar-refractivity contribution >= 4 is 16.7 Å². The Labute approximate surface area is 151 Å². The Balaban J connectivity index is 1.58. The largest absolute Gasteiger partial charge is 0.393 e. The molecule has 1 N–H and O–H groups in total. The lowest BCUT2D eigenvalue weighted by Gasteiger charge is -2.33. The second-order valence-corrected chi connectivity index (χ2v) is 7.01. The number of hydrogen-bond donors (Lipinski definition) is 1. The summed E-state index contributed by atoms with van der Waals surface area (Å²) in [6, 6.07) is 13.8. The first-order valence-corrected chi connectivity index (χ1v) is 8.90. The maximum Gasteiger partial charge on any atom is 0.393 e. The van der Waals surface area contributed by atoms with Crippen LogP contribution in [-0.4, -0.2) is 36.6 Å². The molecule has 1 fully saturated rings. The van der Waals surface area contributed by atoms with Gasteiger partial charge >= 0.3 is 6.18 Å². The van der Waals surface area contributed by atoms with Gasteiger partial charge < -0.3 is 5.32 Å². The van der Waals surface area contributed by atoms with Gasteiger partial charge in [0, 0.05) is 6.54 Å². The number of fused-ring (bicyclic) bond motifs is 1. The minimum atomic E-state index is -4.19. The van der Waals surface area contributed by atoms with E-state index in [1.54, 1.807) is 4.90 Å². The Hall–Kier alpha value is -2.08. The predicted molar refractivity (Wildman–Crippen MR) is 95.7 cm³/mol. The third-order valence-corrected chi connectivity index (χ3v) is 4.99. The van der Waals surface area contributed by atoms with Gasteiger partial charge in [-0.1, -0.05) is 36.4 Å². The lowest BCUT2D eigenvalue weighted by atomic mass is 9.97. The Morgan fingerprint density at radius 2 is 1.96 bits per heavy atom. The van der Waals surface area contributed by atoms with Crippen LogP contribution in [0.25, 0.3) is 10.8 Å². The summed E-state index contributed by atoms with van der Waals surface area (Å²) in [6.45, 7) is 2.33. The standard InChI is InChI=1S/C20H23F3N2O/c1-14(16-9-8-15-5-2-3-6-17(15)11-16)24-19(26)13-25-10-4-7-18(12-25)20(21,22)23/h2-3,5-6,8-9,11,14,18H,4,7,10,12-13H2,1H3,(H,24,26)/t14-,18+/m1/s1. The van der Waals surface area contributed by atoms with Crippen LogP contribution >= 0.6 is 0 Å². The zero-order valence-electron chi connectivity index (χ0n) is 14.7. The van der Waals surface area contributed by atoms with E-state index in [1.807, 2.05) is 49.4 Å². The van der Waals surface area contributed by atoms with Crippen molar-refractivity contribution in [1.29, 1.82) is 0 Å². The van der Waals surface area contributed by atoms with E-state index in [2.05, 4.69) is 5.32 Å². The minimum Gasteiger partial charge on any atom is -0.348 e. The summed E-state index contributed by atoms with van der Waals surface area (Å²) in [6.07, 6.45) is -3.57. The number of carbonyl (C=O) groups excluding carboxylic acids is 1. The van der Waals surface area contributed by atoms with E-state index in [-0.39, 0.29) is 31.5 Å². The van der Waals surface area contributed by atoms with Crippen molar-refractivity contribution in [3.05, 3.63) is 48.0 Å². The van der Waals surface area contributed by atoms with Gasteiger partial charge in [-0.25, -0.2) is 0 Å². The molecule has 0 unspecified atom stereocenters. The highest BCUT2D eigenvalue weighted by molar-refractivity contribution is 5.83. The van der Waals surface area contributed by atoms with Gasteiger partial charge in [0.05, 0.1) is 18.5 Å². The number of nitrogens with one attached hydrogen (secondary N) is 1. The molecular formula is C20H23F3N2O. The summed E-state index contributed by atoms with van der Waals surface area (Å²) in [5, 5.41) is 5.12. The normalized spacial score (nSPS) is 20.1. The highest BCUT2D eigenvalue weighted by Crippen LogP contribution is 2.33. The van der Waals surface area contributed by atoms with Crippen LogP contribution < -0.4 is 5.32 Å². The average molecular weight is 364 g/mol. The second kappa shape index (κ2) is 7.66. The van der Waals surface area contributed by atoms with Crippen LogP contribution in [0.4, 0.5) is 13.2 Å². The Morgan fingerprint density at radius 1 is 1.23 bits per heavy atom. The summed E-state index contributed by atoms with van der Waals surface area (Å²) in [5.41, 5.74) is 0.976. The number of rotatable bonds is 4. The fourth-order valence-corrected chi connectivity index (χ4v) is 3.52. The lowest BCUT2D eigenvalue weighted by molar-refractivity contribution is -0.187. The fraction of sp³-hybridized carbons (Fsp3) is 0.450. The molecule has 1 amide bonds. The molecule has 1 heterocycles. The fourth-order valence-electron chi connectivity index (χ4n) is 3.52. The van der Waals surface area contributed by atoms with E-state index in [4.69, 9.17) is 0 Å². The van der Waals surface area contributed by atoms with E-state index in [0.29, 0.717) is 13.0 Å². The molecule has 6 heteroatoms. The van der Waals surface area contributed by atoms with Crippen LogP contribution in [0.1, 0.15) is 31.4 Å².